The molecule has 21 heavy (non-hydrogen) atoms. The molecule has 0 spiro atoms. The fourth-order valence-electron chi connectivity index (χ4n) is 2.27. The van der Waals surface area contributed by atoms with Crippen LogP contribution in [-0.4, -0.2) is 16.1 Å². The highest BCUT2D eigenvalue weighted by molar-refractivity contribution is 8.01. The summed E-state index contributed by atoms with van der Waals surface area (Å²) in [5, 5.41) is -0.428. The summed E-state index contributed by atoms with van der Waals surface area (Å²) in [5.41, 5.74) is 1.22. The van der Waals surface area contributed by atoms with E-state index >= 15 is 0 Å². The molecule has 1 saturated heterocycles. The molecular weight excluding hydrogens is 311 g/mol. The van der Waals surface area contributed by atoms with E-state index in [0.29, 0.717) is 5.69 Å². The third-order valence-corrected chi connectivity index (χ3v) is 4.58. The summed E-state index contributed by atoms with van der Waals surface area (Å²) >= 11 is 1.51. The van der Waals surface area contributed by atoms with Crippen molar-refractivity contribution in [1.29, 1.82) is 0 Å². The number of amides is 1. The summed E-state index contributed by atoms with van der Waals surface area (Å²) in [6.07, 6.45) is 3.40. The molecule has 110 valence electrons. The lowest BCUT2D eigenvalue weighted by Crippen LogP contribution is -2.30. The van der Waals surface area contributed by atoms with Gasteiger partial charge in [0.2, 0.25) is 5.91 Å². The van der Waals surface area contributed by atoms with Crippen molar-refractivity contribution in [1.82, 2.24) is 4.98 Å². The quantitative estimate of drug-likeness (QED) is 0.842. The zero-order valence-electron chi connectivity index (χ0n) is 11.3. The lowest BCUT2D eigenvalue weighted by molar-refractivity contribution is -0.117. The molecule has 2 unspecified atom stereocenters. The number of thioether (sulfide) groups is 1. The highest BCUT2D eigenvalue weighted by atomic mass is 35.5. The minimum atomic E-state index is -0.385. The van der Waals surface area contributed by atoms with Gasteiger partial charge in [0.05, 0.1) is 10.9 Å². The number of carbonyl (C=O) groups excluding carboxylic acids is 1. The molecule has 0 N–H and O–H groups in total. The zero-order valence-corrected chi connectivity index (χ0v) is 12.9. The number of halogens is 2. The third-order valence-electron chi connectivity index (χ3n) is 3.23. The van der Waals surface area contributed by atoms with Gasteiger partial charge >= 0.3 is 0 Å². The molecule has 0 radical (unpaired) electrons. The zero-order chi connectivity index (χ0) is 14.1. The van der Waals surface area contributed by atoms with Gasteiger partial charge in [0.15, 0.2) is 0 Å². The molecule has 6 heteroatoms. The molecule has 0 saturated carbocycles. The van der Waals surface area contributed by atoms with Crippen molar-refractivity contribution in [3.05, 3.63) is 60.2 Å². The molecule has 3 rings (SSSR count). The summed E-state index contributed by atoms with van der Waals surface area (Å²) < 4.78 is 14.0. The number of aromatic nitrogens is 1. The van der Waals surface area contributed by atoms with Crippen LogP contribution >= 0.6 is 24.2 Å². The number of hydrogen-bond donors (Lipinski definition) is 0. The first kappa shape index (κ1) is 15.8. The number of para-hydroxylation sites is 1. The number of anilines is 1. The normalized spacial score (nSPS) is 21.2. The number of nitrogens with zero attached hydrogens (tertiary/aromatic N) is 2. The van der Waals surface area contributed by atoms with E-state index in [2.05, 4.69) is 4.98 Å². The molecule has 1 aliphatic rings. The fraction of sp³-hybridized carbons (Fsp3) is 0.200. The Balaban J connectivity index is 0.00000161. The smallest absolute Gasteiger partial charge is 0.241 e. The lowest BCUT2D eigenvalue weighted by atomic mass is 10.2. The number of benzene rings is 1. The van der Waals surface area contributed by atoms with Gasteiger partial charge in [-0.1, -0.05) is 18.2 Å². The molecule has 2 heterocycles. The molecule has 0 bridgehead atoms. The molecule has 1 fully saturated rings. The van der Waals surface area contributed by atoms with Crippen molar-refractivity contribution in [2.24, 2.45) is 0 Å². The minimum Gasteiger partial charge on any atom is -0.292 e. The van der Waals surface area contributed by atoms with E-state index in [1.807, 2.05) is 19.1 Å². The molecular formula is C15H14ClFN2OS. The van der Waals surface area contributed by atoms with Crippen LogP contribution in [0.2, 0.25) is 0 Å². The van der Waals surface area contributed by atoms with Crippen molar-refractivity contribution in [3.8, 4) is 0 Å². The van der Waals surface area contributed by atoms with Crippen LogP contribution in [-0.2, 0) is 4.79 Å². The SMILES string of the molecule is CC1SC(c2cccnc2)N(c2ccccc2F)C1=O.Cl. The lowest BCUT2D eigenvalue weighted by Gasteiger charge is -2.24. The summed E-state index contributed by atoms with van der Waals surface area (Å²) in [6, 6.07) is 10.1. The van der Waals surface area contributed by atoms with Gasteiger partial charge in [0, 0.05) is 18.0 Å². The van der Waals surface area contributed by atoms with Gasteiger partial charge in [-0.3, -0.25) is 14.7 Å². The monoisotopic (exact) mass is 324 g/mol. The molecule has 1 amide bonds. The number of carbonyl (C=O) groups is 1. The van der Waals surface area contributed by atoms with E-state index in [-0.39, 0.29) is 34.8 Å². The second kappa shape index (κ2) is 6.45. The maximum atomic E-state index is 14.0. The second-order valence-corrected chi connectivity index (χ2v) is 6.00. The van der Waals surface area contributed by atoms with Crippen molar-refractivity contribution in [2.75, 3.05) is 4.90 Å². The Labute approximate surface area is 133 Å². The van der Waals surface area contributed by atoms with Crippen LogP contribution in [0.1, 0.15) is 17.9 Å². The Morgan fingerprint density at radius 3 is 2.67 bits per heavy atom. The van der Waals surface area contributed by atoms with Crippen LogP contribution in [0.15, 0.2) is 48.8 Å². The molecule has 2 atom stereocenters. The highest BCUT2D eigenvalue weighted by Gasteiger charge is 2.40. The number of rotatable bonds is 2. The molecule has 2 aromatic rings. The van der Waals surface area contributed by atoms with Crippen LogP contribution in [0.4, 0.5) is 10.1 Å². The van der Waals surface area contributed by atoms with Gasteiger partial charge in [0.25, 0.3) is 0 Å². The average Bonchev–Trinajstić information content (AvgIpc) is 2.77. The molecule has 1 aromatic heterocycles. The van der Waals surface area contributed by atoms with Gasteiger partial charge in [-0.15, -0.1) is 24.2 Å². The first-order chi connectivity index (χ1) is 9.68. The van der Waals surface area contributed by atoms with Crippen LogP contribution in [0.25, 0.3) is 0 Å². The van der Waals surface area contributed by atoms with Gasteiger partial charge in [-0.05, 0) is 25.1 Å². The van der Waals surface area contributed by atoms with E-state index in [9.17, 15) is 9.18 Å². The molecule has 3 nitrogen and oxygen atoms in total. The van der Waals surface area contributed by atoms with E-state index in [1.165, 1.54) is 22.7 Å². The van der Waals surface area contributed by atoms with E-state index < -0.39 is 0 Å². The van der Waals surface area contributed by atoms with Gasteiger partial charge in [-0.25, -0.2) is 4.39 Å². The maximum absolute atomic E-state index is 14.0. The summed E-state index contributed by atoms with van der Waals surface area (Å²) in [7, 11) is 0. The summed E-state index contributed by atoms with van der Waals surface area (Å²) in [6.45, 7) is 1.84. The Morgan fingerprint density at radius 1 is 1.24 bits per heavy atom. The van der Waals surface area contributed by atoms with Crippen LogP contribution in [0, 0.1) is 5.82 Å². The van der Waals surface area contributed by atoms with Crippen molar-refractivity contribution >= 4 is 35.8 Å². The van der Waals surface area contributed by atoms with Crippen molar-refractivity contribution < 1.29 is 9.18 Å². The Bertz CT molecular complexity index is 641. The largest absolute Gasteiger partial charge is 0.292 e. The second-order valence-electron chi connectivity index (χ2n) is 4.58. The summed E-state index contributed by atoms with van der Waals surface area (Å²) in [5.74, 6) is -0.460. The molecule has 1 aliphatic heterocycles. The Kier molecular flexibility index (Phi) is 4.85. The van der Waals surface area contributed by atoms with Crippen molar-refractivity contribution in [2.45, 2.75) is 17.5 Å². The van der Waals surface area contributed by atoms with Crippen LogP contribution in [0.3, 0.4) is 0 Å². The van der Waals surface area contributed by atoms with E-state index in [1.54, 1.807) is 30.6 Å². The number of pyridine rings is 1. The van der Waals surface area contributed by atoms with E-state index in [0.717, 1.165) is 5.56 Å². The summed E-state index contributed by atoms with van der Waals surface area (Å²) in [4.78, 5) is 18.0. The topological polar surface area (TPSA) is 33.2 Å². The fourth-order valence-corrected chi connectivity index (χ4v) is 3.52. The Morgan fingerprint density at radius 2 is 2.00 bits per heavy atom. The first-order valence-corrected chi connectivity index (χ1v) is 7.26. The van der Waals surface area contributed by atoms with Gasteiger partial charge < -0.3 is 0 Å². The first-order valence-electron chi connectivity index (χ1n) is 6.31. The Hall–Kier alpha value is -1.59. The van der Waals surface area contributed by atoms with Gasteiger partial charge in [-0.2, -0.15) is 0 Å². The minimum absolute atomic E-state index is 0. The van der Waals surface area contributed by atoms with Gasteiger partial charge in [0.1, 0.15) is 11.2 Å². The highest BCUT2D eigenvalue weighted by Crippen LogP contribution is 2.45. The third kappa shape index (κ3) is 2.89. The molecule has 0 aliphatic carbocycles. The standard InChI is InChI=1S/C15H13FN2OS.ClH/c1-10-14(19)18(13-7-3-2-6-12(13)16)15(20-10)11-5-4-8-17-9-11;/h2-10,15H,1H3;1H. The maximum Gasteiger partial charge on any atom is 0.241 e. The average molecular weight is 325 g/mol. The van der Waals surface area contributed by atoms with E-state index in [4.69, 9.17) is 0 Å². The predicted molar refractivity (Wildman–Crippen MR) is 85.2 cm³/mol. The molecule has 1 aromatic carbocycles. The van der Waals surface area contributed by atoms with Crippen LogP contribution in [0.5, 0.6) is 0 Å². The number of hydrogen-bond acceptors (Lipinski definition) is 3. The van der Waals surface area contributed by atoms with Crippen LogP contribution < -0.4 is 4.90 Å². The van der Waals surface area contributed by atoms with Crippen molar-refractivity contribution in [3.63, 3.8) is 0 Å². The predicted octanol–water partition coefficient (Wildman–Crippen LogP) is 3.81.